The molecule has 0 fully saturated rings. The molecule has 0 bridgehead atoms. The normalized spacial score (nSPS) is 11.4. The molecule has 3 heterocycles. The number of benzene rings is 4. The zero-order valence-electron chi connectivity index (χ0n) is 27.1. The molecule has 0 aliphatic rings. The predicted molar refractivity (Wildman–Crippen MR) is 183 cm³/mol. The van der Waals surface area contributed by atoms with Crippen molar-refractivity contribution in [2.45, 2.75) is 47.0 Å². The van der Waals surface area contributed by atoms with E-state index in [1.807, 2.05) is 67.0 Å². The quantitative estimate of drug-likeness (QED) is 0.163. The third-order valence-corrected chi connectivity index (χ3v) is 8.35. The molecular formula is C40H33N5OPt. The van der Waals surface area contributed by atoms with Crippen molar-refractivity contribution in [2.75, 3.05) is 0 Å². The number of imidazole rings is 1. The van der Waals surface area contributed by atoms with Crippen LogP contribution < -0.4 is 4.74 Å². The predicted octanol–water partition coefficient (Wildman–Crippen LogP) is 9.52. The van der Waals surface area contributed by atoms with Crippen LogP contribution in [0.1, 0.15) is 48.6 Å². The fraction of sp³-hybridized carbons (Fsp3) is 0.175. The Morgan fingerprint density at radius 1 is 0.809 bits per heavy atom. The molecule has 0 radical (unpaired) electrons. The summed E-state index contributed by atoms with van der Waals surface area (Å²) in [6.07, 6.45) is 5.62. The van der Waals surface area contributed by atoms with Crippen LogP contribution in [0.5, 0.6) is 11.5 Å². The first kappa shape index (κ1) is 32.0. The summed E-state index contributed by atoms with van der Waals surface area (Å²) in [6.45, 7) is 13.0. The van der Waals surface area contributed by atoms with Crippen LogP contribution in [0.15, 0.2) is 91.4 Å². The molecule has 4 aromatic carbocycles. The van der Waals surface area contributed by atoms with Crippen LogP contribution >= 0.6 is 0 Å². The summed E-state index contributed by atoms with van der Waals surface area (Å²) in [4.78, 5) is 9.43. The number of aryl methyl sites for hydroxylation is 3. The van der Waals surface area contributed by atoms with E-state index in [2.05, 4.69) is 92.1 Å². The van der Waals surface area contributed by atoms with Gasteiger partial charge >= 0.3 is 21.1 Å². The minimum atomic E-state index is -0.146. The van der Waals surface area contributed by atoms with E-state index >= 15 is 0 Å². The van der Waals surface area contributed by atoms with E-state index in [-0.39, 0.29) is 26.5 Å². The van der Waals surface area contributed by atoms with E-state index in [1.165, 1.54) is 16.7 Å². The summed E-state index contributed by atoms with van der Waals surface area (Å²) < 4.78 is 10.8. The van der Waals surface area contributed by atoms with Crippen molar-refractivity contribution in [3.05, 3.63) is 131 Å². The number of pyridine rings is 1. The minimum Gasteiger partial charge on any atom is -0.503 e. The van der Waals surface area contributed by atoms with E-state index in [1.54, 1.807) is 6.20 Å². The van der Waals surface area contributed by atoms with Gasteiger partial charge in [0.25, 0.3) is 0 Å². The standard InChI is InChI=1S/C40H33N5O.Pt/c1-25-17-26(2)38(27(3)18-25)44-16-15-43-39(44)29-20-30(40(4,5)6)22-32(21-29)46-31-11-12-33-34-19-28(24-41)10-13-35(34)45(36(33)23-31)37-9-7-8-14-42-37;/h7-20,22H,1-6H3;/q-2;+2. The molecule has 47 heavy (non-hydrogen) atoms. The van der Waals surface area contributed by atoms with Gasteiger partial charge < -0.3 is 13.9 Å². The maximum atomic E-state index is 9.59. The fourth-order valence-electron chi connectivity index (χ4n) is 6.28. The largest absolute Gasteiger partial charge is 2.00 e. The van der Waals surface area contributed by atoms with Gasteiger partial charge in [-0.05, 0) is 73.0 Å². The zero-order valence-corrected chi connectivity index (χ0v) is 29.4. The van der Waals surface area contributed by atoms with Gasteiger partial charge in [0, 0.05) is 41.3 Å². The van der Waals surface area contributed by atoms with Gasteiger partial charge in [0.15, 0.2) is 0 Å². The van der Waals surface area contributed by atoms with Gasteiger partial charge in [0.1, 0.15) is 5.82 Å². The Bertz CT molecular complexity index is 2300. The van der Waals surface area contributed by atoms with Crippen molar-refractivity contribution < 1.29 is 25.8 Å². The molecule has 7 aromatic rings. The molecule has 6 nitrogen and oxygen atoms in total. The number of rotatable bonds is 5. The molecule has 0 saturated carbocycles. The fourth-order valence-corrected chi connectivity index (χ4v) is 6.28. The Morgan fingerprint density at radius 3 is 2.30 bits per heavy atom. The maximum absolute atomic E-state index is 9.59. The van der Waals surface area contributed by atoms with E-state index in [9.17, 15) is 5.26 Å². The summed E-state index contributed by atoms with van der Waals surface area (Å²) >= 11 is 0. The SMILES string of the molecule is Cc1cc(C)c(-n2ccnc2-c2[c-]c(Oc3[c-]c4c(cc3)c3cc(C#N)ccc3n4-c3ccccn3)cc(C(C)(C)C)c2)c(C)c1.[Pt+2]. The first-order chi connectivity index (χ1) is 22.1. The van der Waals surface area contributed by atoms with Gasteiger partial charge in [0.2, 0.25) is 0 Å². The number of hydrogen-bond donors (Lipinski definition) is 0. The molecule has 0 aliphatic carbocycles. The van der Waals surface area contributed by atoms with Crippen LogP contribution in [0.2, 0.25) is 0 Å². The van der Waals surface area contributed by atoms with Crippen molar-refractivity contribution in [1.29, 1.82) is 5.26 Å². The third kappa shape index (κ3) is 5.88. The van der Waals surface area contributed by atoms with E-state index in [0.29, 0.717) is 17.1 Å². The molecule has 3 aromatic heterocycles. The second-order valence-corrected chi connectivity index (χ2v) is 12.8. The molecule has 7 rings (SSSR count). The van der Waals surface area contributed by atoms with Crippen molar-refractivity contribution >= 4 is 21.8 Å². The van der Waals surface area contributed by atoms with Crippen LogP contribution in [0.3, 0.4) is 0 Å². The molecule has 7 heteroatoms. The molecule has 0 spiro atoms. The number of fused-ring (bicyclic) bond motifs is 3. The zero-order chi connectivity index (χ0) is 32.2. The number of aromatic nitrogens is 4. The molecule has 0 atom stereocenters. The summed E-state index contributed by atoms with van der Waals surface area (Å²) in [7, 11) is 0. The average molecular weight is 795 g/mol. The van der Waals surface area contributed by atoms with E-state index in [4.69, 9.17) is 9.72 Å². The van der Waals surface area contributed by atoms with Crippen LogP contribution in [-0.4, -0.2) is 19.1 Å². The second-order valence-electron chi connectivity index (χ2n) is 12.8. The van der Waals surface area contributed by atoms with Crippen molar-refractivity contribution in [2.24, 2.45) is 0 Å². The van der Waals surface area contributed by atoms with Crippen molar-refractivity contribution in [3.63, 3.8) is 0 Å². The number of nitrogens with zero attached hydrogens (tertiary/aromatic N) is 5. The first-order valence-electron chi connectivity index (χ1n) is 15.3. The van der Waals surface area contributed by atoms with Gasteiger partial charge in [-0.3, -0.25) is 4.98 Å². The van der Waals surface area contributed by atoms with Crippen molar-refractivity contribution in [1.82, 2.24) is 19.1 Å². The monoisotopic (exact) mass is 794 g/mol. The number of ether oxygens (including phenoxy) is 1. The first-order valence-corrected chi connectivity index (χ1v) is 15.3. The maximum Gasteiger partial charge on any atom is 2.00 e. The van der Waals surface area contributed by atoms with Crippen LogP contribution in [-0.2, 0) is 26.5 Å². The molecule has 0 unspecified atom stereocenters. The van der Waals surface area contributed by atoms with E-state index in [0.717, 1.165) is 50.3 Å². The van der Waals surface area contributed by atoms with Gasteiger partial charge in [-0.2, -0.15) is 11.3 Å². The molecule has 0 N–H and O–H groups in total. The Kier molecular flexibility index (Phi) is 8.38. The smallest absolute Gasteiger partial charge is 0.503 e. The Balaban J connectivity index is 0.00000386. The second kappa shape index (κ2) is 12.3. The Labute approximate surface area is 289 Å². The minimum absolute atomic E-state index is 0. The molecule has 234 valence electrons. The van der Waals surface area contributed by atoms with Gasteiger partial charge in [0.05, 0.1) is 17.5 Å². The summed E-state index contributed by atoms with van der Waals surface area (Å²) in [6, 6.07) is 33.4. The third-order valence-electron chi connectivity index (χ3n) is 8.35. The van der Waals surface area contributed by atoms with E-state index < -0.39 is 0 Å². The Hall–Kier alpha value is -4.98. The van der Waals surface area contributed by atoms with Crippen LogP contribution in [0.25, 0.3) is 44.7 Å². The summed E-state index contributed by atoms with van der Waals surface area (Å²) in [5.41, 5.74) is 8.90. The molecule has 0 saturated heterocycles. The van der Waals surface area contributed by atoms with Crippen LogP contribution in [0, 0.1) is 44.2 Å². The van der Waals surface area contributed by atoms with Crippen molar-refractivity contribution in [3.8, 4) is 40.5 Å². The average Bonchev–Trinajstić information content (AvgIpc) is 3.63. The number of hydrogen-bond acceptors (Lipinski definition) is 4. The number of nitriles is 1. The summed E-state index contributed by atoms with van der Waals surface area (Å²) in [5.74, 6) is 2.69. The summed E-state index contributed by atoms with van der Waals surface area (Å²) in [5, 5.41) is 11.5. The molecular weight excluding hydrogens is 762 g/mol. The topological polar surface area (TPSA) is 68.7 Å². The molecule has 0 aliphatic heterocycles. The molecule has 0 amide bonds. The van der Waals surface area contributed by atoms with Gasteiger partial charge in [-0.15, -0.1) is 34.7 Å². The Morgan fingerprint density at radius 2 is 1.60 bits per heavy atom. The van der Waals surface area contributed by atoms with Gasteiger partial charge in [-0.1, -0.05) is 62.2 Å². The van der Waals surface area contributed by atoms with Crippen LogP contribution in [0.4, 0.5) is 0 Å². The van der Waals surface area contributed by atoms with Gasteiger partial charge in [-0.25, -0.2) is 4.98 Å².